The van der Waals surface area contributed by atoms with Crippen LogP contribution in [-0.4, -0.2) is 0 Å². The van der Waals surface area contributed by atoms with Gasteiger partial charge in [0.25, 0.3) is 0 Å². The fourth-order valence-corrected chi connectivity index (χ4v) is 2.98. The molecule has 3 rings (SSSR count). The van der Waals surface area contributed by atoms with Crippen LogP contribution in [0.2, 0.25) is 0 Å². The number of hydrogen-bond donors (Lipinski definition) is 0. The fourth-order valence-electron chi connectivity index (χ4n) is 2.98. The Kier molecular flexibility index (Phi) is 2.77. The van der Waals surface area contributed by atoms with Gasteiger partial charge in [-0.15, -0.1) is 0 Å². The Balaban J connectivity index is 1.89. The van der Waals surface area contributed by atoms with Gasteiger partial charge in [-0.3, -0.25) is 0 Å². The third-order valence-electron chi connectivity index (χ3n) is 4.16. The molecule has 1 heterocycles. The quantitative estimate of drug-likeness (QED) is 0.686. The Morgan fingerprint density at radius 3 is 2.72 bits per heavy atom. The lowest BCUT2D eigenvalue weighted by Gasteiger charge is -2.37. The Hall–Kier alpha value is -1.50. The molecule has 0 bridgehead atoms. The molecule has 0 radical (unpaired) electrons. The van der Waals surface area contributed by atoms with Crippen molar-refractivity contribution in [1.82, 2.24) is 0 Å². The first-order chi connectivity index (χ1) is 8.67. The lowest BCUT2D eigenvalue weighted by atomic mass is 9.71. The summed E-state index contributed by atoms with van der Waals surface area (Å²) in [7, 11) is 0. The van der Waals surface area contributed by atoms with Gasteiger partial charge in [0.05, 0.1) is 6.26 Å². The summed E-state index contributed by atoms with van der Waals surface area (Å²) in [6.45, 7) is 4.63. The topological polar surface area (TPSA) is 9.23 Å². The van der Waals surface area contributed by atoms with Crippen LogP contribution in [0.4, 0.5) is 0 Å². The van der Waals surface area contributed by atoms with Crippen molar-refractivity contribution in [3.63, 3.8) is 0 Å². The van der Waals surface area contributed by atoms with Crippen LogP contribution in [0.15, 0.2) is 53.8 Å². The van der Waals surface area contributed by atoms with Crippen LogP contribution in [0.3, 0.4) is 0 Å². The molecule has 1 atom stereocenters. The van der Waals surface area contributed by atoms with Gasteiger partial charge in [-0.1, -0.05) is 50.3 Å². The fraction of sp³-hybridized carbons (Fsp3) is 0.412. The normalized spacial score (nSPS) is 25.6. The predicted molar refractivity (Wildman–Crippen MR) is 74.1 cm³/mol. The monoisotopic (exact) mass is 240 g/mol. The van der Waals surface area contributed by atoms with Gasteiger partial charge in [0, 0.05) is 6.42 Å². The largest absolute Gasteiger partial charge is 0.493 e. The number of rotatable bonds is 1. The molecule has 0 aromatic heterocycles. The third-order valence-corrected chi connectivity index (χ3v) is 4.16. The van der Waals surface area contributed by atoms with E-state index in [1.54, 1.807) is 0 Å². The second kappa shape index (κ2) is 4.31. The van der Waals surface area contributed by atoms with Gasteiger partial charge in [0.1, 0.15) is 6.10 Å². The van der Waals surface area contributed by atoms with Gasteiger partial charge < -0.3 is 4.74 Å². The van der Waals surface area contributed by atoms with Crippen LogP contribution in [0.1, 0.15) is 44.8 Å². The zero-order valence-corrected chi connectivity index (χ0v) is 11.1. The van der Waals surface area contributed by atoms with Crippen LogP contribution in [0, 0.1) is 5.41 Å². The number of fused-ring (bicyclic) bond motifs is 1. The molecule has 0 saturated heterocycles. The summed E-state index contributed by atoms with van der Waals surface area (Å²) in [6, 6.07) is 10.5. The SMILES string of the molecule is CC1(C)CCC=C2CC(c3ccccc3)OC=C21. The smallest absolute Gasteiger partial charge is 0.127 e. The van der Waals surface area contributed by atoms with E-state index in [4.69, 9.17) is 4.74 Å². The molecule has 0 N–H and O–H groups in total. The number of hydrogen-bond acceptors (Lipinski definition) is 1. The minimum Gasteiger partial charge on any atom is -0.493 e. The van der Waals surface area contributed by atoms with Gasteiger partial charge in [-0.25, -0.2) is 0 Å². The summed E-state index contributed by atoms with van der Waals surface area (Å²) in [5, 5.41) is 0. The molecular weight excluding hydrogens is 220 g/mol. The molecule has 1 unspecified atom stereocenters. The van der Waals surface area contributed by atoms with Gasteiger partial charge >= 0.3 is 0 Å². The minimum absolute atomic E-state index is 0.190. The molecule has 94 valence electrons. The second-order valence-electron chi connectivity index (χ2n) is 5.92. The minimum atomic E-state index is 0.190. The van der Waals surface area contributed by atoms with E-state index in [0.717, 1.165) is 6.42 Å². The first-order valence-corrected chi connectivity index (χ1v) is 6.77. The highest BCUT2D eigenvalue weighted by molar-refractivity contribution is 5.40. The van der Waals surface area contributed by atoms with E-state index in [1.807, 2.05) is 6.26 Å². The summed E-state index contributed by atoms with van der Waals surface area (Å²) in [5.41, 5.74) is 4.44. The molecule has 1 nitrogen and oxygen atoms in total. The zero-order valence-electron chi connectivity index (χ0n) is 11.1. The summed E-state index contributed by atoms with van der Waals surface area (Å²) < 4.78 is 5.97. The molecule has 2 aliphatic rings. The van der Waals surface area contributed by atoms with Crippen molar-refractivity contribution in [1.29, 1.82) is 0 Å². The lowest BCUT2D eigenvalue weighted by Crippen LogP contribution is -2.24. The van der Waals surface area contributed by atoms with Gasteiger partial charge in [-0.2, -0.15) is 0 Å². The lowest BCUT2D eigenvalue weighted by molar-refractivity contribution is 0.125. The maximum Gasteiger partial charge on any atom is 0.127 e. The molecule has 1 aliphatic carbocycles. The Bertz CT molecular complexity index is 494. The molecule has 0 saturated carbocycles. The number of benzene rings is 1. The molecule has 1 aromatic carbocycles. The van der Waals surface area contributed by atoms with E-state index in [2.05, 4.69) is 50.3 Å². The molecule has 1 heteroatoms. The molecule has 18 heavy (non-hydrogen) atoms. The molecule has 0 amide bonds. The van der Waals surface area contributed by atoms with Crippen LogP contribution < -0.4 is 0 Å². The van der Waals surface area contributed by atoms with Crippen molar-refractivity contribution in [3.05, 3.63) is 59.4 Å². The van der Waals surface area contributed by atoms with E-state index in [-0.39, 0.29) is 11.5 Å². The zero-order chi connectivity index (χ0) is 12.6. The molecule has 1 aromatic rings. The highest BCUT2D eigenvalue weighted by Gasteiger charge is 2.33. The molecule has 0 spiro atoms. The Morgan fingerprint density at radius 1 is 1.17 bits per heavy atom. The summed E-state index contributed by atoms with van der Waals surface area (Å²) >= 11 is 0. The molecule has 0 fully saturated rings. The number of ether oxygens (including phenoxy) is 1. The van der Waals surface area contributed by atoms with E-state index >= 15 is 0 Å². The molecular formula is C17H20O. The first-order valence-electron chi connectivity index (χ1n) is 6.77. The van der Waals surface area contributed by atoms with E-state index < -0.39 is 0 Å². The third kappa shape index (κ3) is 1.98. The maximum absolute atomic E-state index is 5.97. The van der Waals surface area contributed by atoms with E-state index in [9.17, 15) is 0 Å². The standard InChI is InChI=1S/C17H20O/c1-17(2)10-6-9-14-11-16(18-12-15(14)17)13-7-4-3-5-8-13/h3-5,7-9,12,16H,6,10-11H2,1-2H3. The van der Waals surface area contributed by atoms with E-state index in [1.165, 1.54) is 29.6 Å². The van der Waals surface area contributed by atoms with Crippen LogP contribution >= 0.6 is 0 Å². The summed E-state index contributed by atoms with van der Waals surface area (Å²) in [4.78, 5) is 0. The van der Waals surface area contributed by atoms with Crippen LogP contribution in [0.25, 0.3) is 0 Å². The average Bonchev–Trinajstić information content (AvgIpc) is 2.39. The first kappa shape index (κ1) is 11.6. The van der Waals surface area contributed by atoms with Crippen molar-refractivity contribution < 1.29 is 4.74 Å². The van der Waals surface area contributed by atoms with Crippen LogP contribution in [-0.2, 0) is 4.74 Å². The van der Waals surface area contributed by atoms with Crippen LogP contribution in [0.5, 0.6) is 0 Å². The van der Waals surface area contributed by atoms with Crippen molar-refractivity contribution >= 4 is 0 Å². The highest BCUT2D eigenvalue weighted by atomic mass is 16.5. The van der Waals surface area contributed by atoms with Crippen molar-refractivity contribution in [3.8, 4) is 0 Å². The van der Waals surface area contributed by atoms with E-state index in [0.29, 0.717) is 0 Å². The second-order valence-corrected chi connectivity index (χ2v) is 5.92. The van der Waals surface area contributed by atoms with Crippen molar-refractivity contribution in [2.75, 3.05) is 0 Å². The van der Waals surface area contributed by atoms with Crippen molar-refractivity contribution in [2.45, 2.75) is 39.2 Å². The van der Waals surface area contributed by atoms with Gasteiger partial charge in [-0.05, 0) is 35.0 Å². The Labute approximate surface area is 109 Å². The average molecular weight is 240 g/mol. The Morgan fingerprint density at radius 2 is 1.94 bits per heavy atom. The highest BCUT2D eigenvalue weighted by Crippen LogP contribution is 2.46. The predicted octanol–water partition coefficient (Wildman–Crippen LogP) is 4.78. The maximum atomic E-state index is 5.97. The summed E-state index contributed by atoms with van der Waals surface area (Å²) in [6.07, 6.45) is 8.03. The number of allylic oxidation sites excluding steroid dienone is 2. The van der Waals surface area contributed by atoms with Gasteiger partial charge in [0.2, 0.25) is 0 Å². The van der Waals surface area contributed by atoms with Crippen molar-refractivity contribution in [2.24, 2.45) is 5.41 Å². The summed E-state index contributed by atoms with van der Waals surface area (Å²) in [5.74, 6) is 0. The molecule has 1 aliphatic heterocycles. The van der Waals surface area contributed by atoms with Gasteiger partial charge in [0.15, 0.2) is 0 Å².